The van der Waals surface area contributed by atoms with Crippen LogP contribution >= 0.6 is 23.2 Å². The van der Waals surface area contributed by atoms with Gasteiger partial charge in [0.1, 0.15) is 5.75 Å². The van der Waals surface area contributed by atoms with E-state index in [1.807, 2.05) is 6.92 Å². The normalized spacial score (nSPS) is 22.7. The number of methoxy groups -OCH3 is 1. The number of rotatable bonds is 3. The second-order valence-corrected chi connectivity index (χ2v) is 5.52. The summed E-state index contributed by atoms with van der Waals surface area (Å²) in [6.07, 6.45) is -0.169. The number of carbonyl (C=O) groups excluding carboxylic acids is 1. The fourth-order valence-electron chi connectivity index (χ4n) is 2.31. The molecule has 1 fully saturated rings. The Balaban J connectivity index is 2.22. The minimum absolute atomic E-state index is 0.0326. The molecule has 2 atom stereocenters. The van der Waals surface area contributed by atoms with Gasteiger partial charge in [-0.3, -0.25) is 4.79 Å². The molecule has 1 aliphatic rings. The molecule has 4 nitrogen and oxygen atoms in total. The highest BCUT2D eigenvalue weighted by Crippen LogP contribution is 2.25. The van der Waals surface area contributed by atoms with Gasteiger partial charge in [0.25, 0.3) is 5.91 Å². The summed E-state index contributed by atoms with van der Waals surface area (Å²) in [5.74, 6) is 0.749. The molecule has 1 aromatic carbocycles. The fraction of sp³-hybridized carbons (Fsp3) is 0.500. The Kier molecular flexibility index (Phi) is 5.13. The molecule has 0 radical (unpaired) electrons. The first-order valence-corrected chi connectivity index (χ1v) is 7.30. The molecule has 6 heteroatoms. The first-order chi connectivity index (χ1) is 9.55. The summed E-state index contributed by atoms with van der Waals surface area (Å²) in [5, 5.41) is 0.535. The van der Waals surface area contributed by atoms with Gasteiger partial charge in [-0.15, -0.1) is 11.6 Å². The van der Waals surface area contributed by atoms with Crippen molar-refractivity contribution < 1.29 is 14.3 Å². The molecule has 20 heavy (non-hydrogen) atoms. The summed E-state index contributed by atoms with van der Waals surface area (Å²) < 4.78 is 10.9. The maximum absolute atomic E-state index is 12.6. The van der Waals surface area contributed by atoms with Gasteiger partial charge in [0, 0.05) is 18.1 Å². The first-order valence-electron chi connectivity index (χ1n) is 6.39. The number of carbonyl (C=O) groups is 1. The molecule has 1 amide bonds. The summed E-state index contributed by atoms with van der Waals surface area (Å²) in [5.41, 5.74) is 0.499. The van der Waals surface area contributed by atoms with Crippen LogP contribution in [0.5, 0.6) is 5.75 Å². The number of morpholine rings is 1. The van der Waals surface area contributed by atoms with E-state index in [4.69, 9.17) is 32.7 Å². The SMILES string of the molecule is COc1cc(Cl)ccc1C(=O)N1CC(C)OC(CCl)C1. The lowest BCUT2D eigenvalue weighted by atomic mass is 10.1. The molecule has 0 aliphatic carbocycles. The third kappa shape index (κ3) is 3.37. The summed E-state index contributed by atoms with van der Waals surface area (Å²) in [6.45, 7) is 2.95. The Morgan fingerprint density at radius 1 is 1.50 bits per heavy atom. The maximum Gasteiger partial charge on any atom is 0.257 e. The molecule has 0 bridgehead atoms. The number of amides is 1. The number of benzene rings is 1. The molecule has 1 saturated heterocycles. The van der Waals surface area contributed by atoms with Gasteiger partial charge < -0.3 is 14.4 Å². The number of hydrogen-bond acceptors (Lipinski definition) is 3. The van der Waals surface area contributed by atoms with E-state index in [1.54, 1.807) is 23.1 Å². The topological polar surface area (TPSA) is 38.8 Å². The monoisotopic (exact) mass is 317 g/mol. The molecule has 110 valence electrons. The van der Waals surface area contributed by atoms with Crippen molar-refractivity contribution in [2.45, 2.75) is 19.1 Å². The van der Waals surface area contributed by atoms with Gasteiger partial charge in [-0.1, -0.05) is 11.6 Å². The van der Waals surface area contributed by atoms with Crippen LogP contribution in [-0.4, -0.2) is 49.1 Å². The number of nitrogens with zero attached hydrogens (tertiary/aromatic N) is 1. The molecular formula is C14H17Cl2NO3. The van der Waals surface area contributed by atoms with Gasteiger partial charge in [0.05, 0.1) is 30.8 Å². The highest BCUT2D eigenvalue weighted by molar-refractivity contribution is 6.30. The molecule has 2 unspecified atom stereocenters. The molecule has 0 aromatic heterocycles. The Morgan fingerprint density at radius 3 is 2.90 bits per heavy atom. The first kappa shape index (κ1) is 15.4. The Hall–Kier alpha value is -0.970. The van der Waals surface area contributed by atoms with E-state index in [0.717, 1.165) is 0 Å². The predicted molar refractivity (Wildman–Crippen MR) is 79.0 cm³/mol. The average Bonchev–Trinajstić information content (AvgIpc) is 2.45. The van der Waals surface area contributed by atoms with Crippen molar-refractivity contribution >= 4 is 29.1 Å². The van der Waals surface area contributed by atoms with Crippen molar-refractivity contribution in [2.75, 3.05) is 26.1 Å². The minimum atomic E-state index is -0.136. The zero-order valence-electron chi connectivity index (χ0n) is 11.4. The van der Waals surface area contributed by atoms with Crippen LogP contribution in [0.4, 0.5) is 0 Å². The second-order valence-electron chi connectivity index (χ2n) is 4.78. The quantitative estimate of drug-likeness (QED) is 0.805. The van der Waals surface area contributed by atoms with E-state index in [2.05, 4.69) is 0 Å². The van der Waals surface area contributed by atoms with Gasteiger partial charge in [0.15, 0.2) is 0 Å². The lowest BCUT2D eigenvalue weighted by molar-refractivity contribution is -0.0570. The smallest absolute Gasteiger partial charge is 0.257 e. The van der Waals surface area contributed by atoms with Crippen LogP contribution in [-0.2, 0) is 4.74 Å². The van der Waals surface area contributed by atoms with Crippen LogP contribution in [0, 0.1) is 0 Å². The Labute approximate surface area is 128 Å². The average molecular weight is 318 g/mol. The molecule has 0 spiro atoms. The van der Waals surface area contributed by atoms with E-state index in [9.17, 15) is 4.79 Å². The molecule has 1 heterocycles. The lowest BCUT2D eigenvalue weighted by Crippen LogP contribution is -2.49. The van der Waals surface area contributed by atoms with E-state index < -0.39 is 0 Å². The van der Waals surface area contributed by atoms with Crippen molar-refractivity contribution in [2.24, 2.45) is 0 Å². The largest absolute Gasteiger partial charge is 0.496 e. The second kappa shape index (κ2) is 6.66. The van der Waals surface area contributed by atoms with E-state index in [-0.39, 0.29) is 18.1 Å². The van der Waals surface area contributed by atoms with Crippen molar-refractivity contribution in [3.63, 3.8) is 0 Å². The van der Waals surface area contributed by atoms with E-state index in [1.165, 1.54) is 7.11 Å². The standard InChI is InChI=1S/C14H17Cl2NO3/c1-9-7-17(8-11(6-15)20-9)14(18)12-4-3-10(16)5-13(12)19-2/h3-5,9,11H,6-8H2,1-2H3. The van der Waals surface area contributed by atoms with Gasteiger partial charge in [-0.25, -0.2) is 0 Å². The van der Waals surface area contributed by atoms with Gasteiger partial charge in [-0.2, -0.15) is 0 Å². The van der Waals surface area contributed by atoms with Crippen LogP contribution in [0.3, 0.4) is 0 Å². The van der Waals surface area contributed by atoms with Crippen LogP contribution in [0.1, 0.15) is 17.3 Å². The molecule has 1 aromatic rings. The van der Waals surface area contributed by atoms with Crippen molar-refractivity contribution in [3.8, 4) is 5.75 Å². The van der Waals surface area contributed by atoms with Crippen molar-refractivity contribution in [1.29, 1.82) is 0 Å². The number of ether oxygens (including phenoxy) is 2. The number of halogens is 2. The number of alkyl halides is 1. The predicted octanol–water partition coefficient (Wildman–Crippen LogP) is 2.82. The molecule has 2 rings (SSSR count). The van der Waals surface area contributed by atoms with Gasteiger partial charge in [-0.05, 0) is 25.1 Å². The fourth-order valence-corrected chi connectivity index (χ4v) is 2.64. The Morgan fingerprint density at radius 2 is 2.25 bits per heavy atom. The third-order valence-electron chi connectivity index (χ3n) is 3.18. The van der Waals surface area contributed by atoms with Gasteiger partial charge in [0.2, 0.25) is 0 Å². The number of hydrogen-bond donors (Lipinski definition) is 0. The highest BCUT2D eigenvalue weighted by atomic mass is 35.5. The van der Waals surface area contributed by atoms with Crippen LogP contribution in [0.25, 0.3) is 0 Å². The molecular weight excluding hydrogens is 301 g/mol. The van der Waals surface area contributed by atoms with Crippen LogP contribution in [0.15, 0.2) is 18.2 Å². The van der Waals surface area contributed by atoms with E-state index >= 15 is 0 Å². The Bertz CT molecular complexity index is 495. The van der Waals surface area contributed by atoms with Crippen molar-refractivity contribution in [3.05, 3.63) is 28.8 Å². The summed E-state index contributed by atoms with van der Waals surface area (Å²) in [7, 11) is 1.52. The van der Waals surface area contributed by atoms with Crippen LogP contribution in [0.2, 0.25) is 5.02 Å². The molecule has 0 saturated carbocycles. The molecule has 0 N–H and O–H groups in total. The summed E-state index contributed by atoms with van der Waals surface area (Å²) in [4.78, 5) is 14.3. The van der Waals surface area contributed by atoms with Crippen molar-refractivity contribution in [1.82, 2.24) is 4.90 Å². The van der Waals surface area contributed by atoms with Crippen LogP contribution < -0.4 is 4.74 Å². The zero-order valence-corrected chi connectivity index (χ0v) is 12.9. The minimum Gasteiger partial charge on any atom is -0.496 e. The lowest BCUT2D eigenvalue weighted by Gasteiger charge is -2.36. The van der Waals surface area contributed by atoms with Gasteiger partial charge >= 0.3 is 0 Å². The van der Waals surface area contributed by atoms with E-state index in [0.29, 0.717) is 35.3 Å². The third-order valence-corrected chi connectivity index (χ3v) is 3.76. The summed E-state index contributed by atoms with van der Waals surface area (Å²) in [6, 6.07) is 5.00. The summed E-state index contributed by atoms with van der Waals surface area (Å²) >= 11 is 11.7. The highest BCUT2D eigenvalue weighted by Gasteiger charge is 2.29. The molecule has 1 aliphatic heterocycles. The zero-order chi connectivity index (χ0) is 14.7. The maximum atomic E-state index is 12.6.